The van der Waals surface area contributed by atoms with Crippen LogP contribution in [0.25, 0.3) is 0 Å². The van der Waals surface area contributed by atoms with Gasteiger partial charge in [0.1, 0.15) is 49.4 Å². The molecular weight excluding hydrogens is 455 g/mol. The topological polar surface area (TPSA) is 9.72 Å². The Morgan fingerprint density at radius 1 is 0.286 bits per heavy atom. The second kappa shape index (κ2) is 8.74. The van der Waals surface area contributed by atoms with Gasteiger partial charge >= 0.3 is 0 Å². The van der Waals surface area contributed by atoms with Gasteiger partial charge in [0.15, 0.2) is 0 Å². The molecule has 0 N–H and O–H groups in total. The molecule has 0 saturated carbocycles. The highest BCUT2D eigenvalue weighted by Crippen LogP contribution is 2.35. The Morgan fingerprint density at radius 2 is 0.393 bits per heavy atom. The van der Waals surface area contributed by atoms with Crippen LogP contribution in [0.3, 0.4) is 0 Å². The van der Waals surface area contributed by atoms with Crippen LogP contribution in [0.2, 0.25) is 118 Å². The zero-order valence-corrected chi connectivity index (χ0v) is 30.1. The summed E-state index contributed by atoms with van der Waals surface area (Å²) < 4.78 is 9.85. The lowest BCUT2D eigenvalue weighted by Gasteiger charge is -2.64. The van der Waals surface area contributed by atoms with Gasteiger partial charge in [-0.3, -0.25) is 0 Å². The van der Waals surface area contributed by atoms with Gasteiger partial charge in [0.05, 0.1) is 0 Å². The van der Waals surface area contributed by atoms with Crippen molar-refractivity contribution in [2.24, 2.45) is 0 Å². The van der Waals surface area contributed by atoms with Gasteiger partial charge in [0.25, 0.3) is 0 Å². The predicted molar refractivity (Wildman–Crippen MR) is 153 cm³/mol. The summed E-state index contributed by atoms with van der Waals surface area (Å²) in [6.45, 7) is 47.3. The van der Waals surface area contributed by atoms with E-state index in [2.05, 4.69) is 130 Å². The second-order valence-electron chi connectivity index (χ2n) is 14.5. The number of nitrogens with zero attached hydrogens (tertiary/aromatic N) is 3. The Hall–Kier alpha value is 1.40. The summed E-state index contributed by atoms with van der Waals surface area (Å²) in [6, 6.07) is 0. The van der Waals surface area contributed by atoms with Gasteiger partial charge in [-0.2, -0.15) is 0 Å². The van der Waals surface area contributed by atoms with Crippen LogP contribution in [-0.4, -0.2) is 70.4 Å². The van der Waals surface area contributed by atoms with E-state index in [4.69, 9.17) is 0 Å². The third-order valence-electron chi connectivity index (χ3n) is 5.03. The molecule has 0 radical (unpaired) electrons. The quantitative estimate of drug-likeness (QED) is 0.323. The van der Waals surface area contributed by atoms with E-state index >= 15 is 0 Å². The molecule has 0 bridgehead atoms. The van der Waals surface area contributed by atoms with E-state index in [0.717, 1.165) is 0 Å². The van der Waals surface area contributed by atoms with Crippen molar-refractivity contribution in [1.29, 1.82) is 0 Å². The maximum Gasteiger partial charge on any atom is 0.232 e. The van der Waals surface area contributed by atoms with Crippen LogP contribution < -0.4 is 0 Å². The summed E-state index contributed by atoms with van der Waals surface area (Å²) >= 11 is 0. The van der Waals surface area contributed by atoms with E-state index in [1.165, 1.54) is 0 Å². The minimum absolute atomic E-state index is 1.46. The van der Waals surface area contributed by atoms with Crippen molar-refractivity contribution in [2.75, 3.05) is 0 Å². The lowest BCUT2D eigenvalue weighted by atomic mass is 11.8. The summed E-state index contributed by atoms with van der Waals surface area (Å²) in [5.74, 6) is 0. The van der Waals surface area contributed by atoms with Crippen LogP contribution in [0.15, 0.2) is 0 Å². The lowest BCUT2D eigenvalue weighted by Crippen LogP contribution is -2.86. The predicted octanol–water partition coefficient (Wildman–Crippen LogP) is 6.62. The molecule has 0 aromatic heterocycles. The molecule has 0 aliphatic rings. The molecule has 0 aromatic rings. The highest BCUT2D eigenvalue weighted by Gasteiger charge is 2.55. The highest BCUT2D eigenvalue weighted by atomic mass is 28.5. The summed E-state index contributed by atoms with van der Waals surface area (Å²) in [7, 11) is -10.2. The molecule has 0 aliphatic heterocycles. The first-order valence-corrected chi connectivity index (χ1v) is 33.3. The zero-order valence-electron chi connectivity index (χ0n) is 22.9. The Morgan fingerprint density at radius 3 is 0.464 bits per heavy atom. The fourth-order valence-electron chi connectivity index (χ4n) is 5.44. The first-order chi connectivity index (χ1) is 11.7. The second-order valence-corrected chi connectivity index (χ2v) is 50.1. The number of hydrogen-bond donors (Lipinski definition) is 0. The van der Waals surface area contributed by atoms with Gasteiger partial charge < -0.3 is 11.7 Å². The van der Waals surface area contributed by atoms with Gasteiger partial charge in [-0.25, -0.2) is 0 Å². The molecule has 0 atom stereocenters. The molecule has 0 aliphatic carbocycles. The first kappa shape index (κ1) is 29.4. The molecular formula is C18H55N3Si7. The van der Waals surface area contributed by atoms with Crippen LogP contribution >= 0.6 is 0 Å². The maximum absolute atomic E-state index is 3.28. The van der Waals surface area contributed by atoms with Crippen LogP contribution in [-0.2, 0) is 0 Å². The smallest absolute Gasteiger partial charge is 0.232 e. The number of rotatable bonds is 9. The van der Waals surface area contributed by atoms with Crippen molar-refractivity contribution in [2.45, 2.75) is 118 Å². The normalized spacial score (nSPS) is 16.1. The standard InChI is InChI=1S/C18H55N3Si7/c1-23(2,3)19(24(4,5)6)22(20(25(7,8)9)26(10,11)12)21(27(13,14)15)28(16,17)18/h22H,1-18H3. The van der Waals surface area contributed by atoms with Crippen LogP contribution in [0.4, 0.5) is 0 Å². The van der Waals surface area contributed by atoms with Crippen molar-refractivity contribution in [1.82, 2.24) is 11.7 Å². The fraction of sp³-hybridized carbons (Fsp3) is 1.00. The molecule has 0 unspecified atom stereocenters. The van der Waals surface area contributed by atoms with Crippen molar-refractivity contribution >= 4 is 58.7 Å². The molecule has 0 aromatic carbocycles. The van der Waals surface area contributed by atoms with Gasteiger partial charge in [0.2, 0.25) is 9.28 Å². The summed E-state index contributed by atoms with van der Waals surface area (Å²) in [4.78, 5) is 0. The van der Waals surface area contributed by atoms with E-state index in [-0.39, 0.29) is 0 Å². The average Bonchev–Trinajstić information content (AvgIpc) is 2.13. The maximum atomic E-state index is 3.28. The SMILES string of the molecule is C[Si](C)(C)N([SiH](N([Si](C)(C)C)[Si](C)(C)C)N([Si](C)(C)C)[Si](C)(C)C)[Si](C)(C)C. The van der Waals surface area contributed by atoms with Crippen molar-refractivity contribution in [3.63, 3.8) is 0 Å². The molecule has 0 fully saturated rings. The highest BCUT2D eigenvalue weighted by molar-refractivity contribution is 7.11. The Labute approximate surface area is 187 Å². The molecule has 3 nitrogen and oxygen atoms in total. The van der Waals surface area contributed by atoms with Gasteiger partial charge in [-0.1, -0.05) is 118 Å². The molecule has 0 heterocycles. The van der Waals surface area contributed by atoms with E-state index in [0.29, 0.717) is 0 Å². The third-order valence-corrected chi connectivity index (χ3v) is 45.3. The summed E-state index contributed by atoms with van der Waals surface area (Å²) in [6.07, 6.45) is 0. The van der Waals surface area contributed by atoms with Crippen molar-refractivity contribution < 1.29 is 0 Å². The molecule has 0 spiro atoms. The summed E-state index contributed by atoms with van der Waals surface area (Å²) in [5.41, 5.74) is 0. The van der Waals surface area contributed by atoms with Gasteiger partial charge in [-0.15, -0.1) is 0 Å². The van der Waals surface area contributed by atoms with Crippen molar-refractivity contribution in [3.05, 3.63) is 0 Å². The molecule has 0 amide bonds. The van der Waals surface area contributed by atoms with Crippen LogP contribution in [0.1, 0.15) is 0 Å². The molecule has 10 heteroatoms. The van der Waals surface area contributed by atoms with Gasteiger partial charge in [-0.05, 0) is 0 Å². The van der Waals surface area contributed by atoms with Crippen LogP contribution in [0.5, 0.6) is 0 Å². The molecule has 28 heavy (non-hydrogen) atoms. The van der Waals surface area contributed by atoms with E-state index < -0.39 is 58.7 Å². The summed E-state index contributed by atoms with van der Waals surface area (Å²) in [5, 5.41) is 0. The van der Waals surface area contributed by atoms with E-state index in [9.17, 15) is 0 Å². The lowest BCUT2D eigenvalue weighted by molar-refractivity contribution is 0.690. The Balaban J connectivity index is 7.30. The van der Waals surface area contributed by atoms with Gasteiger partial charge in [0, 0.05) is 0 Å². The Kier molecular flexibility index (Phi) is 9.17. The Bertz CT molecular complexity index is 396. The fourth-order valence-corrected chi connectivity index (χ4v) is 55.2. The molecule has 0 saturated heterocycles. The average molecular weight is 510 g/mol. The molecule has 170 valence electrons. The van der Waals surface area contributed by atoms with E-state index in [1.54, 1.807) is 0 Å². The third kappa shape index (κ3) is 7.82. The first-order valence-electron chi connectivity index (χ1n) is 11.1. The zero-order chi connectivity index (χ0) is 23.3. The van der Waals surface area contributed by atoms with Crippen LogP contribution in [0, 0.1) is 0 Å². The minimum atomic E-state index is -1.46. The number of hydrogen-bond acceptors (Lipinski definition) is 3. The largest absolute Gasteiger partial charge is 0.348 e. The monoisotopic (exact) mass is 509 g/mol. The minimum Gasteiger partial charge on any atom is -0.348 e. The van der Waals surface area contributed by atoms with Crippen molar-refractivity contribution in [3.8, 4) is 0 Å². The van der Waals surface area contributed by atoms with E-state index in [1.807, 2.05) is 0 Å². The molecule has 0 rings (SSSR count).